The van der Waals surface area contributed by atoms with Crippen LogP contribution in [0.1, 0.15) is 12.5 Å². The van der Waals surface area contributed by atoms with E-state index in [4.69, 9.17) is 0 Å². The van der Waals surface area contributed by atoms with E-state index in [2.05, 4.69) is 35.4 Å². The van der Waals surface area contributed by atoms with Crippen LogP contribution in [0.25, 0.3) is 11.0 Å². The second-order valence-corrected chi connectivity index (χ2v) is 4.75. The topological polar surface area (TPSA) is 82.6 Å². The molecule has 108 valence electrons. The summed E-state index contributed by atoms with van der Waals surface area (Å²) in [5, 5.41) is 11.0. The second kappa shape index (κ2) is 5.74. The predicted molar refractivity (Wildman–Crippen MR) is 82.2 cm³/mol. The number of fused-ring (bicyclic) bond motifs is 1. The first-order chi connectivity index (χ1) is 10.3. The average molecular weight is 283 g/mol. The van der Waals surface area contributed by atoms with Crippen molar-refractivity contribution in [3.63, 3.8) is 0 Å². The van der Waals surface area contributed by atoms with E-state index in [1.807, 2.05) is 32.3 Å². The molecule has 0 aromatic carbocycles. The van der Waals surface area contributed by atoms with Gasteiger partial charge < -0.3 is 10.2 Å². The molecule has 7 nitrogen and oxygen atoms in total. The zero-order valence-electron chi connectivity index (χ0n) is 12.0. The van der Waals surface area contributed by atoms with Gasteiger partial charge in [-0.15, -0.1) is 0 Å². The molecule has 2 N–H and O–H groups in total. The maximum Gasteiger partial charge on any atom is 0.226 e. The Kier molecular flexibility index (Phi) is 3.63. The van der Waals surface area contributed by atoms with Crippen molar-refractivity contribution in [2.45, 2.75) is 13.5 Å². The van der Waals surface area contributed by atoms with Gasteiger partial charge in [0.25, 0.3) is 0 Å². The number of aromatic amines is 1. The molecule has 0 saturated carbocycles. The van der Waals surface area contributed by atoms with E-state index in [-0.39, 0.29) is 0 Å². The SMILES string of the molecule is CCNc1nc(N(C)Cc2cccnc2)c2cn[nH]c2n1. The van der Waals surface area contributed by atoms with E-state index >= 15 is 0 Å². The quantitative estimate of drug-likeness (QED) is 0.743. The van der Waals surface area contributed by atoms with Gasteiger partial charge in [0.1, 0.15) is 5.82 Å². The van der Waals surface area contributed by atoms with Gasteiger partial charge in [0.15, 0.2) is 5.65 Å². The summed E-state index contributed by atoms with van der Waals surface area (Å²) in [6.45, 7) is 3.50. The standard InChI is InChI=1S/C14H17N7/c1-3-16-14-18-12-11(8-17-20-12)13(19-14)21(2)9-10-5-4-6-15-7-10/h4-8H,3,9H2,1-2H3,(H2,16,17,18,19,20). The zero-order chi connectivity index (χ0) is 14.7. The molecule has 3 heterocycles. The molecule has 0 bridgehead atoms. The van der Waals surface area contributed by atoms with Gasteiger partial charge >= 0.3 is 0 Å². The van der Waals surface area contributed by atoms with E-state index in [0.29, 0.717) is 5.95 Å². The number of rotatable bonds is 5. The van der Waals surface area contributed by atoms with E-state index in [1.54, 1.807) is 12.4 Å². The molecule has 0 fully saturated rings. The maximum absolute atomic E-state index is 4.58. The van der Waals surface area contributed by atoms with Gasteiger partial charge in [-0.2, -0.15) is 15.1 Å². The van der Waals surface area contributed by atoms with Gasteiger partial charge in [0.05, 0.1) is 11.6 Å². The van der Waals surface area contributed by atoms with E-state index in [9.17, 15) is 0 Å². The molecule has 7 heteroatoms. The molecule has 0 amide bonds. The summed E-state index contributed by atoms with van der Waals surface area (Å²) in [7, 11) is 2.00. The monoisotopic (exact) mass is 283 g/mol. The summed E-state index contributed by atoms with van der Waals surface area (Å²) in [5.41, 5.74) is 1.86. The fraction of sp³-hybridized carbons (Fsp3) is 0.286. The highest BCUT2D eigenvalue weighted by Crippen LogP contribution is 2.24. The Bertz CT molecular complexity index is 723. The number of hydrogen-bond donors (Lipinski definition) is 2. The van der Waals surface area contributed by atoms with Gasteiger partial charge in [-0.05, 0) is 18.6 Å². The number of hydrogen-bond acceptors (Lipinski definition) is 6. The Morgan fingerprint density at radius 2 is 2.19 bits per heavy atom. The highest BCUT2D eigenvalue weighted by Gasteiger charge is 2.13. The van der Waals surface area contributed by atoms with Crippen LogP contribution in [0.4, 0.5) is 11.8 Å². The molecule has 3 rings (SSSR count). The highest BCUT2D eigenvalue weighted by atomic mass is 15.2. The summed E-state index contributed by atoms with van der Waals surface area (Å²) in [5.74, 6) is 1.44. The minimum absolute atomic E-state index is 0.599. The zero-order valence-corrected chi connectivity index (χ0v) is 12.0. The van der Waals surface area contributed by atoms with E-state index < -0.39 is 0 Å². The lowest BCUT2D eigenvalue weighted by molar-refractivity contribution is 0.893. The Morgan fingerprint density at radius 1 is 1.29 bits per heavy atom. The molecule has 0 aliphatic rings. The van der Waals surface area contributed by atoms with Gasteiger partial charge in [0, 0.05) is 32.5 Å². The summed E-state index contributed by atoms with van der Waals surface area (Å²) in [6, 6.07) is 3.98. The van der Waals surface area contributed by atoms with Crippen molar-refractivity contribution in [1.29, 1.82) is 0 Å². The van der Waals surface area contributed by atoms with Crippen LogP contribution in [0.5, 0.6) is 0 Å². The Morgan fingerprint density at radius 3 is 2.95 bits per heavy atom. The molecule has 0 saturated heterocycles. The smallest absolute Gasteiger partial charge is 0.226 e. The largest absolute Gasteiger partial charge is 0.355 e. The molecule has 0 atom stereocenters. The third-order valence-corrected chi connectivity index (χ3v) is 3.13. The van der Waals surface area contributed by atoms with Crippen molar-refractivity contribution >= 4 is 22.8 Å². The molecule has 0 spiro atoms. The normalized spacial score (nSPS) is 10.8. The predicted octanol–water partition coefficient (Wildman–Crippen LogP) is 1.82. The molecule has 0 unspecified atom stereocenters. The molecule has 21 heavy (non-hydrogen) atoms. The molecule has 0 radical (unpaired) electrons. The fourth-order valence-corrected chi connectivity index (χ4v) is 2.19. The minimum Gasteiger partial charge on any atom is -0.355 e. The first-order valence-corrected chi connectivity index (χ1v) is 6.83. The summed E-state index contributed by atoms with van der Waals surface area (Å²) >= 11 is 0. The van der Waals surface area contributed by atoms with Crippen LogP contribution in [0.3, 0.4) is 0 Å². The van der Waals surface area contributed by atoms with Crippen LogP contribution in [-0.2, 0) is 6.54 Å². The van der Waals surface area contributed by atoms with Gasteiger partial charge in [-0.1, -0.05) is 6.07 Å². The molecular formula is C14H17N7. The van der Waals surface area contributed by atoms with Gasteiger partial charge in [0.2, 0.25) is 5.95 Å². The lowest BCUT2D eigenvalue weighted by Crippen LogP contribution is -2.19. The molecule has 0 aliphatic heterocycles. The van der Waals surface area contributed by atoms with Crippen LogP contribution in [0.15, 0.2) is 30.7 Å². The van der Waals surface area contributed by atoms with Crippen molar-refractivity contribution in [3.05, 3.63) is 36.3 Å². The highest BCUT2D eigenvalue weighted by molar-refractivity contribution is 5.87. The summed E-state index contributed by atoms with van der Waals surface area (Å²) in [4.78, 5) is 15.2. The van der Waals surface area contributed by atoms with E-state index in [0.717, 1.165) is 35.5 Å². The fourth-order valence-electron chi connectivity index (χ4n) is 2.19. The second-order valence-electron chi connectivity index (χ2n) is 4.75. The summed E-state index contributed by atoms with van der Waals surface area (Å²) < 4.78 is 0. The van der Waals surface area contributed by atoms with Gasteiger partial charge in [-0.25, -0.2) is 0 Å². The van der Waals surface area contributed by atoms with Crippen molar-refractivity contribution in [2.24, 2.45) is 0 Å². The summed E-state index contributed by atoms with van der Waals surface area (Å²) in [6.07, 6.45) is 5.38. The molecule has 3 aromatic rings. The molecule has 0 aliphatic carbocycles. The number of aromatic nitrogens is 5. The minimum atomic E-state index is 0.599. The van der Waals surface area contributed by atoms with Crippen molar-refractivity contribution in [1.82, 2.24) is 25.1 Å². The van der Waals surface area contributed by atoms with E-state index in [1.165, 1.54) is 0 Å². The lowest BCUT2D eigenvalue weighted by Gasteiger charge is -2.19. The molecular weight excluding hydrogens is 266 g/mol. The number of H-pyrrole nitrogens is 1. The third-order valence-electron chi connectivity index (χ3n) is 3.13. The van der Waals surface area contributed by atoms with Crippen LogP contribution in [-0.4, -0.2) is 38.7 Å². The Balaban J connectivity index is 1.96. The maximum atomic E-state index is 4.58. The lowest BCUT2D eigenvalue weighted by atomic mass is 10.2. The van der Waals surface area contributed by atoms with Crippen LogP contribution in [0.2, 0.25) is 0 Å². The van der Waals surface area contributed by atoms with Crippen LogP contribution in [0, 0.1) is 0 Å². The third kappa shape index (κ3) is 2.76. The van der Waals surface area contributed by atoms with Crippen molar-refractivity contribution in [2.75, 3.05) is 23.8 Å². The molecule has 3 aromatic heterocycles. The first-order valence-electron chi connectivity index (χ1n) is 6.83. The van der Waals surface area contributed by atoms with Crippen LogP contribution >= 0.6 is 0 Å². The van der Waals surface area contributed by atoms with Crippen molar-refractivity contribution < 1.29 is 0 Å². The first kappa shape index (κ1) is 13.3. The Hall–Kier alpha value is -2.70. The Labute approximate surface area is 122 Å². The van der Waals surface area contributed by atoms with Crippen LogP contribution < -0.4 is 10.2 Å². The average Bonchev–Trinajstić information content (AvgIpc) is 2.96. The number of anilines is 2. The van der Waals surface area contributed by atoms with Crippen molar-refractivity contribution in [3.8, 4) is 0 Å². The van der Waals surface area contributed by atoms with Gasteiger partial charge in [-0.3, -0.25) is 10.1 Å². The number of nitrogens with one attached hydrogen (secondary N) is 2. The number of nitrogens with zero attached hydrogens (tertiary/aromatic N) is 5. The number of pyridine rings is 1.